The third-order valence-electron chi connectivity index (χ3n) is 2.22. The summed E-state index contributed by atoms with van der Waals surface area (Å²) in [6.45, 7) is 4.66. The fourth-order valence-corrected chi connectivity index (χ4v) is 2.58. The molecule has 2 heterocycles. The SMILES string of the molecule is COC(C)c1nsc(NCc2ncc(C)s2)n1. The molecule has 0 aliphatic rings. The van der Waals surface area contributed by atoms with Gasteiger partial charge < -0.3 is 10.1 Å². The van der Waals surface area contributed by atoms with Gasteiger partial charge in [0.15, 0.2) is 5.82 Å². The van der Waals surface area contributed by atoms with Gasteiger partial charge in [-0.15, -0.1) is 11.3 Å². The molecule has 5 nitrogen and oxygen atoms in total. The molecule has 0 aliphatic carbocycles. The average molecular weight is 270 g/mol. The lowest BCUT2D eigenvalue weighted by Crippen LogP contribution is -2.00. The minimum Gasteiger partial charge on any atom is -0.374 e. The summed E-state index contributed by atoms with van der Waals surface area (Å²) < 4.78 is 9.39. The summed E-state index contributed by atoms with van der Waals surface area (Å²) in [4.78, 5) is 9.84. The van der Waals surface area contributed by atoms with Crippen molar-refractivity contribution in [1.29, 1.82) is 0 Å². The van der Waals surface area contributed by atoms with Gasteiger partial charge in [0.25, 0.3) is 0 Å². The van der Waals surface area contributed by atoms with E-state index in [1.807, 2.05) is 20.0 Å². The Hall–Kier alpha value is -1.05. The Morgan fingerprint density at radius 3 is 3.00 bits per heavy atom. The first kappa shape index (κ1) is 12.4. The number of rotatable bonds is 5. The highest BCUT2D eigenvalue weighted by Crippen LogP contribution is 2.19. The fourth-order valence-electron chi connectivity index (χ4n) is 1.21. The Bertz CT molecular complexity index is 482. The van der Waals surface area contributed by atoms with Gasteiger partial charge in [0.05, 0.1) is 6.54 Å². The van der Waals surface area contributed by atoms with Gasteiger partial charge in [0.1, 0.15) is 11.1 Å². The van der Waals surface area contributed by atoms with E-state index in [-0.39, 0.29) is 6.10 Å². The van der Waals surface area contributed by atoms with Crippen LogP contribution in [0.4, 0.5) is 5.13 Å². The van der Waals surface area contributed by atoms with Gasteiger partial charge in [-0.3, -0.25) is 0 Å². The number of aromatic nitrogens is 3. The lowest BCUT2D eigenvalue weighted by molar-refractivity contribution is 0.113. The van der Waals surface area contributed by atoms with Crippen molar-refractivity contribution in [3.8, 4) is 0 Å². The van der Waals surface area contributed by atoms with Crippen LogP contribution in [0.3, 0.4) is 0 Å². The predicted octanol–water partition coefficient (Wildman–Crippen LogP) is 2.62. The van der Waals surface area contributed by atoms with E-state index in [2.05, 4.69) is 19.7 Å². The van der Waals surface area contributed by atoms with Crippen molar-refractivity contribution in [2.75, 3.05) is 12.4 Å². The molecule has 1 unspecified atom stereocenters. The number of hydrogen-bond donors (Lipinski definition) is 1. The molecule has 1 N–H and O–H groups in total. The fraction of sp³-hybridized carbons (Fsp3) is 0.500. The van der Waals surface area contributed by atoms with Crippen LogP contribution in [0.1, 0.15) is 28.7 Å². The van der Waals surface area contributed by atoms with Crippen LogP contribution in [-0.4, -0.2) is 21.5 Å². The van der Waals surface area contributed by atoms with Gasteiger partial charge in [0, 0.05) is 29.7 Å². The van der Waals surface area contributed by atoms with Crippen LogP contribution in [0.5, 0.6) is 0 Å². The van der Waals surface area contributed by atoms with Crippen LogP contribution in [0.15, 0.2) is 6.20 Å². The minimum absolute atomic E-state index is 0.0658. The van der Waals surface area contributed by atoms with Crippen LogP contribution in [0.2, 0.25) is 0 Å². The molecule has 17 heavy (non-hydrogen) atoms. The van der Waals surface area contributed by atoms with Gasteiger partial charge in [-0.25, -0.2) is 9.97 Å². The molecule has 0 aliphatic heterocycles. The van der Waals surface area contributed by atoms with Gasteiger partial charge in [-0.1, -0.05) is 0 Å². The highest BCUT2D eigenvalue weighted by atomic mass is 32.1. The molecular formula is C10H14N4OS2. The van der Waals surface area contributed by atoms with Crippen molar-refractivity contribution in [2.24, 2.45) is 0 Å². The van der Waals surface area contributed by atoms with E-state index in [1.54, 1.807) is 18.4 Å². The number of aryl methyl sites for hydroxylation is 1. The Labute approximate surface area is 108 Å². The lowest BCUT2D eigenvalue weighted by Gasteiger charge is -2.02. The maximum absolute atomic E-state index is 5.16. The van der Waals surface area contributed by atoms with Crippen LogP contribution in [-0.2, 0) is 11.3 Å². The van der Waals surface area contributed by atoms with E-state index < -0.39 is 0 Å². The van der Waals surface area contributed by atoms with E-state index >= 15 is 0 Å². The Morgan fingerprint density at radius 1 is 1.53 bits per heavy atom. The van der Waals surface area contributed by atoms with E-state index in [9.17, 15) is 0 Å². The quantitative estimate of drug-likeness (QED) is 0.905. The molecule has 7 heteroatoms. The Morgan fingerprint density at radius 2 is 2.35 bits per heavy atom. The molecule has 0 fully saturated rings. The first-order valence-corrected chi connectivity index (χ1v) is 6.79. The maximum Gasteiger partial charge on any atom is 0.203 e. The summed E-state index contributed by atoms with van der Waals surface area (Å²) >= 11 is 3.03. The number of hydrogen-bond acceptors (Lipinski definition) is 7. The van der Waals surface area contributed by atoms with Gasteiger partial charge in [-0.05, 0) is 13.8 Å². The molecular weight excluding hydrogens is 256 g/mol. The van der Waals surface area contributed by atoms with Gasteiger partial charge >= 0.3 is 0 Å². The largest absolute Gasteiger partial charge is 0.374 e. The predicted molar refractivity (Wildman–Crippen MR) is 69.5 cm³/mol. The summed E-state index contributed by atoms with van der Waals surface area (Å²) in [6, 6.07) is 0. The second-order valence-corrected chi connectivity index (χ2v) is 5.63. The molecule has 0 aromatic carbocycles. The zero-order valence-corrected chi connectivity index (χ0v) is 11.6. The molecule has 2 rings (SSSR count). The van der Waals surface area contributed by atoms with Crippen molar-refractivity contribution in [3.05, 3.63) is 21.9 Å². The molecule has 0 saturated heterocycles. The van der Waals surface area contributed by atoms with Crippen LogP contribution < -0.4 is 5.32 Å². The van der Waals surface area contributed by atoms with Crippen molar-refractivity contribution >= 4 is 28.0 Å². The first-order chi connectivity index (χ1) is 8.19. The van der Waals surface area contributed by atoms with E-state index in [0.717, 1.165) is 16.0 Å². The Kier molecular flexibility index (Phi) is 4.03. The average Bonchev–Trinajstić information content (AvgIpc) is 2.94. The Balaban J connectivity index is 1.93. The topological polar surface area (TPSA) is 59.9 Å². The standard InChI is InChI=1S/C10H14N4OS2/c1-6-4-11-8(16-6)5-12-10-13-9(14-17-10)7(2)15-3/h4,7H,5H2,1-3H3,(H,12,13,14). The second kappa shape index (κ2) is 5.52. The summed E-state index contributed by atoms with van der Waals surface area (Å²) in [7, 11) is 1.65. The second-order valence-electron chi connectivity index (χ2n) is 3.55. The first-order valence-electron chi connectivity index (χ1n) is 5.20. The van der Waals surface area contributed by atoms with Crippen molar-refractivity contribution in [2.45, 2.75) is 26.5 Å². The zero-order chi connectivity index (χ0) is 12.3. The monoisotopic (exact) mass is 270 g/mol. The van der Waals surface area contributed by atoms with Crippen LogP contribution in [0, 0.1) is 6.92 Å². The lowest BCUT2D eigenvalue weighted by atomic mass is 10.4. The summed E-state index contributed by atoms with van der Waals surface area (Å²) in [5.41, 5.74) is 0. The van der Waals surface area contributed by atoms with Gasteiger partial charge in [-0.2, -0.15) is 4.37 Å². The van der Waals surface area contributed by atoms with Crippen molar-refractivity contribution < 1.29 is 4.74 Å². The van der Waals surface area contributed by atoms with E-state index in [0.29, 0.717) is 6.54 Å². The highest BCUT2D eigenvalue weighted by Gasteiger charge is 2.11. The highest BCUT2D eigenvalue weighted by molar-refractivity contribution is 7.11. The number of anilines is 1. The summed E-state index contributed by atoms with van der Waals surface area (Å²) in [6.07, 6.45) is 1.81. The molecule has 0 bridgehead atoms. The van der Waals surface area contributed by atoms with Crippen molar-refractivity contribution in [1.82, 2.24) is 14.3 Å². The van der Waals surface area contributed by atoms with E-state index in [1.165, 1.54) is 16.4 Å². The molecule has 92 valence electrons. The number of thiazole rings is 1. The van der Waals surface area contributed by atoms with Gasteiger partial charge in [0.2, 0.25) is 5.13 Å². The molecule has 2 aromatic rings. The molecule has 0 spiro atoms. The molecule has 1 atom stereocenters. The zero-order valence-electron chi connectivity index (χ0n) is 9.93. The third-order valence-corrected chi connectivity index (χ3v) is 3.82. The minimum atomic E-state index is -0.0658. The number of ether oxygens (including phenoxy) is 1. The smallest absolute Gasteiger partial charge is 0.203 e. The third kappa shape index (κ3) is 3.21. The van der Waals surface area contributed by atoms with Crippen LogP contribution in [0.25, 0.3) is 0 Å². The van der Waals surface area contributed by atoms with Crippen LogP contribution >= 0.6 is 22.9 Å². The maximum atomic E-state index is 5.16. The number of nitrogens with one attached hydrogen (secondary N) is 1. The molecule has 2 aromatic heterocycles. The normalized spacial score (nSPS) is 12.6. The number of nitrogens with zero attached hydrogens (tertiary/aromatic N) is 3. The van der Waals surface area contributed by atoms with E-state index in [4.69, 9.17) is 4.74 Å². The summed E-state index contributed by atoms with van der Waals surface area (Å²) in [5.74, 6) is 0.718. The van der Waals surface area contributed by atoms with Crippen molar-refractivity contribution in [3.63, 3.8) is 0 Å². The molecule has 0 saturated carbocycles. The molecule has 0 radical (unpaired) electrons. The number of methoxy groups -OCH3 is 1. The summed E-state index contributed by atoms with van der Waals surface area (Å²) in [5, 5.41) is 5.07. The molecule has 0 amide bonds.